The molecule has 0 saturated heterocycles. The Morgan fingerprint density at radius 3 is 2.62 bits per heavy atom. The molecule has 0 aromatic rings. The number of carbonyl (C=O) groups excluding carboxylic acids is 1. The van der Waals surface area contributed by atoms with Crippen LogP contribution < -0.4 is 10.6 Å². The van der Waals surface area contributed by atoms with Crippen LogP contribution >= 0.6 is 11.8 Å². The van der Waals surface area contributed by atoms with Gasteiger partial charge in [-0.25, -0.2) is 0 Å². The molecule has 0 radical (unpaired) electrons. The second kappa shape index (κ2) is 9.93. The lowest BCUT2D eigenvalue weighted by Gasteiger charge is -2.15. The van der Waals surface area contributed by atoms with Gasteiger partial charge in [0, 0.05) is 19.2 Å². The maximum atomic E-state index is 11.5. The molecule has 1 amide bonds. The number of rotatable bonds is 9. The van der Waals surface area contributed by atoms with Crippen molar-refractivity contribution in [3.63, 3.8) is 0 Å². The van der Waals surface area contributed by atoms with Crippen molar-refractivity contribution < 1.29 is 9.53 Å². The summed E-state index contributed by atoms with van der Waals surface area (Å²) in [4.78, 5) is 11.5. The highest BCUT2D eigenvalue weighted by Gasteiger charge is 2.08. The van der Waals surface area contributed by atoms with Gasteiger partial charge in [-0.15, -0.1) is 0 Å². The summed E-state index contributed by atoms with van der Waals surface area (Å²) in [6.07, 6.45) is 3.17. The van der Waals surface area contributed by atoms with Crippen molar-refractivity contribution in [3.8, 4) is 0 Å². The molecule has 0 aliphatic rings. The summed E-state index contributed by atoms with van der Waals surface area (Å²) in [5.74, 6) is 1.15. The third kappa shape index (κ3) is 9.00. The standard InChI is InChI=1S/C11H24N2O2S/c1-9(5-6-16-4)12-7-11(14)13-10(2)8-15-3/h9-10,12H,5-8H2,1-4H3,(H,13,14). The fourth-order valence-electron chi connectivity index (χ4n) is 1.28. The smallest absolute Gasteiger partial charge is 0.234 e. The van der Waals surface area contributed by atoms with Crippen LogP contribution in [0.4, 0.5) is 0 Å². The summed E-state index contributed by atoms with van der Waals surface area (Å²) < 4.78 is 4.95. The van der Waals surface area contributed by atoms with E-state index in [4.69, 9.17) is 4.74 Å². The lowest BCUT2D eigenvalue weighted by Crippen LogP contribution is -2.43. The lowest BCUT2D eigenvalue weighted by atomic mass is 10.2. The number of thioether (sulfide) groups is 1. The fraction of sp³-hybridized carbons (Fsp3) is 0.909. The van der Waals surface area contributed by atoms with Gasteiger partial charge in [0.1, 0.15) is 0 Å². The van der Waals surface area contributed by atoms with E-state index in [1.54, 1.807) is 7.11 Å². The molecule has 0 aromatic heterocycles. The predicted octanol–water partition coefficient (Wildman–Crippen LogP) is 0.869. The Hall–Kier alpha value is -0.260. The highest BCUT2D eigenvalue weighted by molar-refractivity contribution is 7.98. The SMILES string of the molecule is COCC(C)NC(=O)CNC(C)CCSC. The van der Waals surface area contributed by atoms with E-state index in [0.717, 1.165) is 12.2 Å². The second-order valence-corrected chi connectivity index (χ2v) is 4.97. The van der Waals surface area contributed by atoms with Crippen LogP contribution in [-0.2, 0) is 9.53 Å². The zero-order valence-electron chi connectivity index (χ0n) is 10.7. The lowest BCUT2D eigenvalue weighted by molar-refractivity contribution is -0.121. The topological polar surface area (TPSA) is 50.4 Å². The van der Waals surface area contributed by atoms with Gasteiger partial charge in [-0.1, -0.05) is 0 Å². The largest absolute Gasteiger partial charge is 0.383 e. The molecule has 0 fully saturated rings. The van der Waals surface area contributed by atoms with Crippen molar-refractivity contribution in [1.29, 1.82) is 0 Å². The minimum atomic E-state index is 0.0283. The van der Waals surface area contributed by atoms with Crippen molar-refractivity contribution in [2.75, 3.05) is 32.3 Å². The van der Waals surface area contributed by atoms with Crippen molar-refractivity contribution >= 4 is 17.7 Å². The van der Waals surface area contributed by atoms with Crippen LogP contribution in [0.1, 0.15) is 20.3 Å². The van der Waals surface area contributed by atoms with Crippen molar-refractivity contribution in [3.05, 3.63) is 0 Å². The van der Waals surface area contributed by atoms with Crippen LogP contribution in [-0.4, -0.2) is 50.3 Å². The number of amides is 1. The number of nitrogens with one attached hydrogen (secondary N) is 2. The summed E-state index contributed by atoms with van der Waals surface area (Å²) in [7, 11) is 1.63. The van der Waals surface area contributed by atoms with Crippen molar-refractivity contribution in [2.24, 2.45) is 0 Å². The Kier molecular flexibility index (Phi) is 9.77. The van der Waals surface area contributed by atoms with Gasteiger partial charge in [-0.3, -0.25) is 4.79 Å². The molecule has 0 aliphatic carbocycles. The monoisotopic (exact) mass is 248 g/mol. The molecule has 0 rings (SSSR count). The zero-order chi connectivity index (χ0) is 12.4. The van der Waals surface area contributed by atoms with E-state index < -0.39 is 0 Å². The summed E-state index contributed by atoms with van der Waals surface area (Å²) in [6.45, 7) is 4.96. The zero-order valence-corrected chi connectivity index (χ0v) is 11.5. The fourth-order valence-corrected chi connectivity index (χ4v) is 1.87. The second-order valence-electron chi connectivity index (χ2n) is 3.99. The summed E-state index contributed by atoms with van der Waals surface area (Å²) in [5, 5.41) is 6.06. The minimum absolute atomic E-state index is 0.0283. The van der Waals surface area contributed by atoms with Crippen LogP contribution in [0.15, 0.2) is 0 Å². The average molecular weight is 248 g/mol. The van der Waals surface area contributed by atoms with Gasteiger partial charge < -0.3 is 15.4 Å². The molecule has 2 atom stereocenters. The molecule has 5 heteroatoms. The number of hydrogen-bond donors (Lipinski definition) is 2. The number of methoxy groups -OCH3 is 1. The minimum Gasteiger partial charge on any atom is -0.383 e. The molecule has 2 unspecified atom stereocenters. The van der Waals surface area contributed by atoms with Crippen LogP contribution in [0.25, 0.3) is 0 Å². The third-order valence-corrected chi connectivity index (χ3v) is 2.83. The van der Waals surface area contributed by atoms with E-state index in [1.165, 1.54) is 0 Å². The van der Waals surface area contributed by atoms with Crippen LogP contribution in [0.5, 0.6) is 0 Å². The third-order valence-electron chi connectivity index (χ3n) is 2.19. The molecular formula is C11H24N2O2S. The first-order valence-corrected chi connectivity index (χ1v) is 7.00. The van der Waals surface area contributed by atoms with Crippen molar-refractivity contribution in [1.82, 2.24) is 10.6 Å². The quantitative estimate of drug-likeness (QED) is 0.636. The van der Waals surface area contributed by atoms with Gasteiger partial charge >= 0.3 is 0 Å². The predicted molar refractivity (Wildman–Crippen MR) is 69.9 cm³/mol. The number of ether oxygens (including phenoxy) is 1. The Bertz CT molecular complexity index is 191. The maximum Gasteiger partial charge on any atom is 0.234 e. The van der Waals surface area contributed by atoms with Crippen LogP contribution in [0.2, 0.25) is 0 Å². The van der Waals surface area contributed by atoms with Gasteiger partial charge in [0.05, 0.1) is 13.2 Å². The molecule has 4 nitrogen and oxygen atoms in total. The van der Waals surface area contributed by atoms with Gasteiger partial charge in [0.25, 0.3) is 0 Å². The average Bonchev–Trinajstić information content (AvgIpc) is 2.23. The first-order valence-electron chi connectivity index (χ1n) is 5.60. The van der Waals surface area contributed by atoms with Gasteiger partial charge in [0.15, 0.2) is 0 Å². The maximum absolute atomic E-state index is 11.5. The van der Waals surface area contributed by atoms with Gasteiger partial charge in [-0.2, -0.15) is 11.8 Å². The summed E-state index contributed by atoms with van der Waals surface area (Å²) in [6, 6.07) is 0.455. The first kappa shape index (κ1) is 15.7. The van der Waals surface area contributed by atoms with E-state index >= 15 is 0 Å². The Morgan fingerprint density at radius 1 is 1.38 bits per heavy atom. The molecule has 16 heavy (non-hydrogen) atoms. The van der Waals surface area contributed by atoms with E-state index in [-0.39, 0.29) is 11.9 Å². The Balaban J connectivity index is 3.56. The molecule has 0 aromatic carbocycles. The summed E-state index contributed by atoms with van der Waals surface area (Å²) in [5.41, 5.74) is 0. The Morgan fingerprint density at radius 2 is 2.06 bits per heavy atom. The van der Waals surface area contributed by atoms with Gasteiger partial charge in [0.2, 0.25) is 5.91 Å². The first-order chi connectivity index (χ1) is 7.60. The molecule has 96 valence electrons. The van der Waals surface area contributed by atoms with E-state index in [0.29, 0.717) is 19.2 Å². The van der Waals surface area contributed by atoms with Crippen molar-refractivity contribution in [2.45, 2.75) is 32.4 Å². The Labute approximate surface area is 103 Å². The van der Waals surface area contributed by atoms with Crippen LogP contribution in [0, 0.1) is 0 Å². The van der Waals surface area contributed by atoms with E-state index in [1.807, 2.05) is 18.7 Å². The molecule has 2 N–H and O–H groups in total. The molecule has 0 aliphatic heterocycles. The normalized spacial score (nSPS) is 14.5. The van der Waals surface area contributed by atoms with E-state index in [9.17, 15) is 4.79 Å². The highest BCUT2D eigenvalue weighted by Crippen LogP contribution is 1.99. The highest BCUT2D eigenvalue weighted by atomic mass is 32.2. The molecular weight excluding hydrogens is 224 g/mol. The summed E-state index contributed by atoms with van der Waals surface area (Å²) >= 11 is 1.82. The number of carbonyl (C=O) groups is 1. The van der Waals surface area contributed by atoms with Gasteiger partial charge in [-0.05, 0) is 32.3 Å². The molecule has 0 heterocycles. The molecule has 0 bridgehead atoms. The number of hydrogen-bond acceptors (Lipinski definition) is 4. The molecule has 0 spiro atoms. The van der Waals surface area contributed by atoms with E-state index in [2.05, 4.69) is 23.8 Å². The van der Waals surface area contributed by atoms with Crippen LogP contribution in [0.3, 0.4) is 0 Å². The molecule has 0 saturated carbocycles.